The molecule has 4 rings (SSSR count). The van der Waals surface area contributed by atoms with Crippen molar-refractivity contribution in [3.63, 3.8) is 0 Å². The van der Waals surface area contributed by atoms with E-state index in [0.29, 0.717) is 46.1 Å². The van der Waals surface area contributed by atoms with Crippen LogP contribution < -0.4 is 10.6 Å². The van der Waals surface area contributed by atoms with Crippen molar-refractivity contribution in [2.75, 3.05) is 17.7 Å². The average Bonchev–Trinajstić information content (AvgIpc) is 2.83. The summed E-state index contributed by atoms with van der Waals surface area (Å²) >= 11 is 0. The number of pyridine rings is 2. The highest BCUT2D eigenvalue weighted by Crippen LogP contribution is 2.31. The van der Waals surface area contributed by atoms with E-state index in [2.05, 4.69) is 30.6 Å². The van der Waals surface area contributed by atoms with Crippen LogP contribution >= 0.6 is 0 Å². The highest BCUT2D eigenvalue weighted by molar-refractivity contribution is 6.05. The van der Waals surface area contributed by atoms with Crippen molar-refractivity contribution in [3.8, 4) is 11.1 Å². The van der Waals surface area contributed by atoms with Gasteiger partial charge in [0.2, 0.25) is 5.95 Å². The van der Waals surface area contributed by atoms with Gasteiger partial charge in [-0.15, -0.1) is 0 Å². The molecule has 0 saturated heterocycles. The minimum atomic E-state index is -4.67. The first-order valence-corrected chi connectivity index (χ1v) is 9.96. The van der Waals surface area contributed by atoms with E-state index in [4.69, 9.17) is 0 Å². The summed E-state index contributed by atoms with van der Waals surface area (Å²) in [5.74, 6) is -0.377. The molecule has 11 heteroatoms. The second-order valence-corrected chi connectivity index (χ2v) is 7.31. The number of aryl methyl sites for hydroxylation is 1. The van der Waals surface area contributed by atoms with Crippen molar-refractivity contribution in [3.05, 3.63) is 71.3 Å². The number of hydrogen-bond donors (Lipinski definition) is 2. The standard InChI is InChI=1S/C23H17F3N6O2/c1-12-3-4-15(30-21(34)13-5-6-28-19(8-13)23(24,25)26)9-16(12)17-7-14-10-29-22(27-2)32-20(14)31-18(17)11-33/h3-11H,1-2H3,(H,30,34)(H,27,29,31,32). The Morgan fingerprint density at radius 3 is 2.53 bits per heavy atom. The van der Waals surface area contributed by atoms with Crippen LogP contribution in [0.4, 0.5) is 24.8 Å². The number of carbonyl (C=O) groups is 2. The number of halogens is 3. The Balaban J connectivity index is 1.71. The van der Waals surface area contributed by atoms with Crippen molar-refractivity contribution in [1.29, 1.82) is 0 Å². The molecule has 1 amide bonds. The van der Waals surface area contributed by atoms with Crippen molar-refractivity contribution in [2.45, 2.75) is 13.1 Å². The zero-order valence-corrected chi connectivity index (χ0v) is 17.9. The monoisotopic (exact) mass is 466 g/mol. The van der Waals surface area contributed by atoms with Crippen LogP contribution in [0.5, 0.6) is 0 Å². The Hall–Kier alpha value is -4.41. The van der Waals surface area contributed by atoms with E-state index in [1.54, 1.807) is 37.5 Å². The quantitative estimate of drug-likeness (QED) is 0.416. The normalized spacial score (nSPS) is 11.3. The van der Waals surface area contributed by atoms with Gasteiger partial charge in [-0.1, -0.05) is 6.07 Å². The summed E-state index contributed by atoms with van der Waals surface area (Å²) in [6, 6.07) is 8.55. The number of carbonyl (C=O) groups excluding carboxylic acids is 2. The fourth-order valence-electron chi connectivity index (χ4n) is 3.32. The van der Waals surface area contributed by atoms with E-state index >= 15 is 0 Å². The number of alkyl halides is 3. The van der Waals surface area contributed by atoms with E-state index in [9.17, 15) is 22.8 Å². The van der Waals surface area contributed by atoms with E-state index in [0.717, 1.165) is 11.8 Å². The summed E-state index contributed by atoms with van der Waals surface area (Å²) in [7, 11) is 1.66. The van der Waals surface area contributed by atoms with Crippen LogP contribution in [0.2, 0.25) is 0 Å². The fraction of sp³-hybridized carbons (Fsp3) is 0.130. The van der Waals surface area contributed by atoms with Gasteiger partial charge in [0.1, 0.15) is 11.4 Å². The van der Waals surface area contributed by atoms with Gasteiger partial charge in [0.15, 0.2) is 11.9 Å². The maximum absolute atomic E-state index is 12.9. The number of benzene rings is 1. The number of amides is 1. The fourth-order valence-corrected chi connectivity index (χ4v) is 3.32. The molecule has 0 atom stereocenters. The topological polar surface area (TPSA) is 110 Å². The Kier molecular flexibility index (Phi) is 5.93. The Labute approximate surface area is 191 Å². The first-order valence-electron chi connectivity index (χ1n) is 9.96. The molecule has 0 aliphatic carbocycles. The number of fused-ring (bicyclic) bond motifs is 1. The number of hydrogen-bond acceptors (Lipinski definition) is 7. The SMILES string of the molecule is CNc1ncc2cc(-c3cc(NC(=O)c4ccnc(C(F)(F)F)c4)ccc3C)c(C=O)nc2n1. The summed E-state index contributed by atoms with van der Waals surface area (Å²) in [6.45, 7) is 1.82. The minimum absolute atomic E-state index is 0.142. The molecule has 4 aromatic rings. The molecule has 0 aliphatic rings. The van der Waals surface area contributed by atoms with Crippen LogP contribution in [0.1, 0.15) is 32.1 Å². The summed E-state index contributed by atoms with van der Waals surface area (Å²) in [5, 5.41) is 6.00. The molecule has 172 valence electrons. The molecular weight excluding hydrogens is 449 g/mol. The lowest BCUT2D eigenvalue weighted by atomic mass is 9.97. The van der Waals surface area contributed by atoms with Gasteiger partial charge >= 0.3 is 6.18 Å². The van der Waals surface area contributed by atoms with Gasteiger partial charge in [0, 0.05) is 41.6 Å². The molecule has 0 saturated carbocycles. The predicted molar refractivity (Wildman–Crippen MR) is 120 cm³/mol. The maximum Gasteiger partial charge on any atom is 0.433 e. The molecule has 3 aromatic heterocycles. The van der Waals surface area contributed by atoms with Crippen molar-refractivity contribution in [1.82, 2.24) is 19.9 Å². The van der Waals surface area contributed by atoms with Crippen molar-refractivity contribution >= 4 is 34.9 Å². The van der Waals surface area contributed by atoms with Gasteiger partial charge in [0.25, 0.3) is 5.91 Å². The number of nitrogens with zero attached hydrogens (tertiary/aromatic N) is 4. The van der Waals surface area contributed by atoms with Crippen LogP contribution in [0.15, 0.2) is 48.8 Å². The van der Waals surface area contributed by atoms with Crippen LogP contribution in [0.3, 0.4) is 0 Å². The van der Waals surface area contributed by atoms with Gasteiger partial charge in [-0.3, -0.25) is 14.6 Å². The van der Waals surface area contributed by atoms with E-state index in [1.165, 1.54) is 6.07 Å². The van der Waals surface area contributed by atoms with Crippen LogP contribution in [-0.2, 0) is 6.18 Å². The molecular formula is C23H17F3N6O2. The lowest BCUT2D eigenvalue weighted by Crippen LogP contribution is -2.15. The minimum Gasteiger partial charge on any atom is -0.357 e. The lowest BCUT2D eigenvalue weighted by Gasteiger charge is -2.13. The van der Waals surface area contributed by atoms with E-state index < -0.39 is 17.8 Å². The molecule has 0 aliphatic heterocycles. The smallest absolute Gasteiger partial charge is 0.357 e. The highest BCUT2D eigenvalue weighted by Gasteiger charge is 2.33. The first-order chi connectivity index (χ1) is 16.2. The Bertz CT molecular complexity index is 1420. The second kappa shape index (κ2) is 8.85. The van der Waals surface area contributed by atoms with Crippen molar-refractivity contribution < 1.29 is 22.8 Å². The molecule has 0 fully saturated rings. The number of anilines is 2. The van der Waals surface area contributed by atoms with Crippen molar-refractivity contribution in [2.24, 2.45) is 0 Å². The molecule has 34 heavy (non-hydrogen) atoms. The molecule has 8 nitrogen and oxygen atoms in total. The average molecular weight is 466 g/mol. The summed E-state index contributed by atoms with van der Waals surface area (Å²) in [6.07, 6.45) is -1.56. The summed E-state index contributed by atoms with van der Waals surface area (Å²) in [4.78, 5) is 40.4. The first kappa shape index (κ1) is 22.8. The van der Waals surface area contributed by atoms with Gasteiger partial charge in [-0.05, 0) is 48.4 Å². The highest BCUT2D eigenvalue weighted by atomic mass is 19.4. The third-order valence-corrected chi connectivity index (χ3v) is 5.03. The molecule has 0 bridgehead atoms. The predicted octanol–water partition coefficient (Wildman–Crippen LogP) is 4.52. The van der Waals surface area contributed by atoms with E-state index in [1.807, 2.05) is 6.92 Å². The van der Waals surface area contributed by atoms with E-state index in [-0.39, 0.29) is 11.3 Å². The van der Waals surface area contributed by atoms with Crippen LogP contribution in [0.25, 0.3) is 22.2 Å². The third kappa shape index (κ3) is 4.53. The molecule has 0 radical (unpaired) electrons. The molecule has 2 N–H and O–H groups in total. The lowest BCUT2D eigenvalue weighted by molar-refractivity contribution is -0.141. The summed E-state index contributed by atoms with van der Waals surface area (Å²) in [5.41, 5.74) is 1.36. The molecule has 0 spiro atoms. The van der Waals surface area contributed by atoms with Gasteiger partial charge in [0.05, 0.1) is 0 Å². The largest absolute Gasteiger partial charge is 0.433 e. The van der Waals surface area contributed by atoms with Gasteiger partial charge in [-0.2, -0.15) is 18.2 Å². The zero-order chi connectivity index (χ0) is 24.5. The second-order valence-electron chi connectivity index (χ2n) is 7.31. The molecule has 1 aromatic carbocycles. The van der Waals surface area contributed by atoms with Gasteiger partial charge in [-0.25, -0.2) is 9.97 Å². The van der Waals surface area contributed by atoms with Crippen LogP contribution in [-0.4, -0.2) is 39.2 Å². The Morgan fingerprint density at radius 2 is 1.82 bits per heavy atom. The number of aldehydes is 1. The zero-order valence-electron chi connectivity index (χ0n) is 17.9. The number of rotatable bonds is 5. The Morgan fingerprint density at radius 1 is 1.03 bits per heavy atom. The molecule has 0 unspecified atom stereocenters. The van der Waals surface area contributed by atoms with Crippen LogP contribution in [0, 0.1) is 6.92 Å². The maximum atomic E-state index is 12.9. The summed E-state index contributed by atoms with van der Waals surface area (Å²) < 4.78 is 38.8. The molecule has 3 heterocycles. The number of nitrogens with one attached hydrogen (secondary N) is 2. The third-order valence-electron chi connectivity index (χ3n) is 5.03. The number of aromatic nitrogens is 4. The van der Waals surface area contributed by atoms with Gasteiger partial charge < -0.3 is 10.6 Å².